The molecule has 0 aromatic heterocycles. The number of nitriles is 1. The van der Waals surface area contributed by atoms with Gasteiger partial charge in [0.25, 0.3) is 0 Å². The molecule has 0 unspecified atom stereocenters. The first-order chi connectivity index (χ1) is 7.77. The molecule has 0 spiro atoms. The minimum absolute atomic E-state index is 0.240. The summed E-state index contributed by atoms with van der Waals surface area (Å²) in [4.78, 5) is 13.9. The molecular weight excluding hydrogens is 208 g/mol. The molecule has 6 heteroatoms. The standard InChI is InChI=1S/C10H8N4O2/c11-5-6-16-10(15)9-3-1-8(2-4-9)7-13-14-12/h1-4H,6-7H2. The predicted molar refractivity (Wildman–Crippen MR) is 55.2 cm³/mol. The van der Waals surface area contributed by atoms with Crippen molar-refractivity contribution in [3.05, 3.63) is 45.8 Å². The zero-order valence-corrected chi connectivity index (χ0v) is 8.33. The van der Waals surface area contributed by atoms with Gasteiger partial charge in [-0.3, -0.25) is 0 Å². The van der Waals surface area contributed by atoms with Crippen molar-refractivity contribution in [2.75, 3.05) is 6.61 Å². The molecule has 0 amide bonds. The fourth-order valence-corrected chi connectivity index (χ4v) is 1.04. The van der Waals surface area contributed by atoms with E-state index in [1.165, 1.54) is 0 Å². The maximum absolute atomic E-state index is 11.3. The van der Waals surface area contributed by atoms with Crippen LogP contribution in [0.1, 0.15) is 15.9 Å². The zero-order chi connectivity index (χ0) is 11.8. The number of carbonyl (C=O) groups excluding carboxylic acids is 1. The Kier molecular flexibility index (Phi) is 4.38. The van der Waals surface area contributed by atoms with E-state index >= 15 is 0 Å². The fraction of sp³-hybridized carbons (Fsp3) is 0.200. The van der Waals surface area contributed by atoms with E-state index in [2.05, 4.69) is 14.8 Å². The number of esters is 1. The summed E-state index contributed by atoms with van der Waals surface area (Å²) >= 11 is 0. The fourth-order valence-electron chi connectivity index (χ4n) is 1.04. The molecule has 1 aromatic carbocycles. The van der Waals surface area contributed by atoms with E-state index in [-0.39, 0.29) is 13.2 Å². The van der Waals surface area contributed by atoms with E-state index in [0.717, 1.165) is 5.56 Å². The number of hydrogen-bond donors (Lipinski definition) is 0. The molecule has 1 rings (SSSR count). The Bertz CT molecular complexity index is 455. The number of carbonyl (C=O) groups is 1. The molecule has 0 radical (unpaired) electrons. The van der Waals surface area contributed by atoms with Crippen LogP contribution >= 0.6 is 0 Å². The van der Waals surface area contributed by atoms with Gasteiger partial charge in [0.15, 0.2) is 6.61 Å². The SMILES string of the molecule is N#CCOC(=O)c1ccc(CN=[N+]=[N-])cc1. The Morgan fingerprint density at radius 2 is 2.19 bits per heavy atom. The molecule has 0 heterocycles. The van der Waals surface area contributed by atoms with Crippen molar-refractivity contribution in [2.24, 2.45) is 5.11 Å². The monoisotopic (exact) mass is 216 g/mol. The predicted octanol–water partition coefficient (Wildman–Crippen LogP) is 2.18. The first-order valence-electron chi connectivity index (χ1n) is 4.42. The van der Waals surface area contributed by atoms with Gasteiger partial charge in [0.2, 0.25) is 0 Å². The maximum atomic E-state index is 11.3. The van der Waals surface area contributed by atoms with Crippen LogP contribution in [0.2, 0.25) is 0 Å². The van der Waals surface area contributed by atoms with Gasteiger partial charge in [-0.15, -0.1) is 0 Å². The first-order valence-corrected chi connectivity index (χ1v) is 4.42. The summed E-state index contributed by atoms with van der Waals surface area (Å²) in [7, 11) is 0. The molecular formula is C10H8N4O2. The lowest BCUT2D eigenvalue weighted by Crippen LogP contribution is -2.05. The van der Waals surface area contributed by atoms with Crippen molar-refractivity contribution in [3.8, 4) is 6.07 Å². The van der Waals surface area contributed by atoms with Gasteiger partial charge in [0.05, 0.1) is 12.1 Å². The molecule has 0 aliphatic rings. The second kappa shape index (κ2) is 6.06. The molecule has 0 aliphatic heterocycles. The summed E-state index contributed by atoms with van der Waals surface area (Å²) in [6.45, 7) is -0.0245. The lowest BCUT2D eigenvalue weighted by molar-refractivity contribution is 0.0555. The van der Waals surface area contributed by atoms with Gasteiger partial charge in [-0.05, 0) is 23.2 Å². The first kappa shape index (κ1) is 11.6. The molecule has 0 fully saturated rings. The molecule has 0 atom stereocenters. The van der Waals surface area contributed by atoms with E-state index in [4.69, 9.17) is 10.8 Å². The quantitative estimate of drug-likeness (QED) is 0.333. The summed E-state index contributed by atoms with van der Waals surface area (Å²) in [5, 5.41) is 11.6. The molecule has 0 bridgehead atoms. The smallest absolute Gasteiger partial charge is 0.339 e. The summed E-state index contributed by atoms with van der Waals surface area (Å²) < 4.78 is 4.62. The highest BCUT2D eigenvalue weighted by Gasteiger charge is 2.05. The Morgan fingerprint density at radius 3 is 2.75 bits per heavy atom. The number of azide groups is 1. The summed E-state index contributed by atoms with van der Waals surface area (Å²) in [6.07, 6.45) is 0. The lowest BCUT2D eigenvalue weighted by atomic mass is 10.1. The van der Waals surface area contributed by atoms with Crippen molar-refractivity contribution in [3.63, 3.8) is 0 Å². The normalized spacial score (nSPS) is 8.69. The van der Waals surface area contributed by atoms with Crippen LogP contribution in [0.3, 0.4) is 0 Å². The second-order valence-electron chi connectivity index (χ2n) is 2.82. The van der Waals surface area contributed by atoms with Gasteiger partial charge in [-0.25, -0.2) is 4.79 Å². The van der Waals surface area contributed by atoms with Crippen LogP contribution in [0, 0.1) is 11.3 Å². The van der Waals surface area contributed by atoms with Crippen LogP contribution in [0.5, 0.6) is 0 Å². The van der Waals surface area contributed by atoms with E-state index in [1.807, 2.05) is 0 Å². The van der Waals surface area contributed by atoms with Crippen LogP contribution in [0.4, 0.5) is 0 Å². The third-order valence-electron chi connectivity index (χ3n) is 1.77. The minimum Gasteiger partial charge on any atom is -0.447 e. The van der Waals surface area contributed by atoms with Crippen molar-refractivity contribution >= 4 is 5.97 Å². The molecule has 80 valence electrons. The molecule has 6 nitrogen and oxygen atoms in total. The average Bonchev–Trinajstić information content (AvgIpc) is 2.34. The third-order valence-corrected chi connectivity index (χ3v) is 1.77. The molecule has 0 N–H and O–H groups in total. The number of rotatable bonds is 4. The van der Waals surface area contributed by atoms with Gasteiger partial charge in [0, 0.05) is 4.91 Å². The van der Waals surface area contributed by atoms with Gasteiger partial charge in [-0.2, -0.15) is 5.26 Å². The molecule has 16 heavy (non-hydrogen) atoms. The Labute approximate surface area is 91.7 Å². The van der Waals surface area contributed by atoms with Gasteiger partial charge >= 0.3 is 5.97 Å². The van der Waals surface area contributed by atoms with Crippen LogP contribution in [-0.2, 0) is 11.3 Å². The largest absolute Gasteiger partial charge is 0.447 e. The number of ether oxygens (including phenoxy) is 1. The van der Waals surface area contributed by atoms with Gasteiger partial charge < -0.3 is 4.74 Å². The maximum Gasteiger partial charge on any atom is 0.339 e. The van der Waals surface area contributed by atoms with E-state index in [9.17, 15) is 4.79 Å². The van der Waals surface area contributed by atoms with Crippen molar-refractivity contribution in [1.82, 2.24) is 0 Å². The van der Waals surface area contributed by atoms with E-state index < -0.39 is 5.97 Å². The molecule has 0 aliphatic carbocycles. The number of nitrogens with zero attached hydrogens (tertiary/aromatic N) is 4. The number of hydrogen-bond acceptors (Lipinski definition) is 4. The van der Waals surface area contributed by atoms with Crippen molar-refractivity contribution < 1.29 is 9.53 Å². The number of benzene rings is 1. The third kappa shape index (κ3) is 3.33. The topological polar surface area (TPSA) is 98.8 Å². The Morgan fingerprint density at radius 1 is 1.50 bits per heavy atom. The lowest BCUT2D eigenvalue weighted by Gasteiger charge is -2.01. The summed E-state index contributed by atoms with van der Waals surface area (Å²) in [6, 6.07) is 8.15. The van der Waals surface area contributed by atoms with E-state index in [0.29, 0.717) is 5.56 Å². The zero-order valence-electron chi connectivity index (χ0n) is 8.33. The summed E-state index contributed by atoms with van der Waals surface area (Å²) in [5.41, 5.74) is 9.28. The Balaban J connectivity index is 2.67. The molecule has 0 saturated carbocycles. The highest BCUT2D eigenvalue weighted by Crippen LogP contribution is 2.07. The van der Waals surface area contributed by atoms with Crippen molar-refractivity contribution in [2.45, 2.75) is 6.54 Å². The van der Waals surface area contributed by atoms with Crippen LogP contribution in [0.15, 0.2) is 29.4 Å². The molecule has 1 aromatic rings. The van der Waals surface area contributed by atoms with Crippen LogP contribution in [-0.4, -0.2) is 12.6 Å². The van der Waals surface area contributed by atoms with Crippen molar-refractivity contribution in [1.29, 1.82) is 5.26 Å². The highest BCUT2D eigenvalue weighted by atomic mass is 16.5. The van der Waals surface area contributed by atoms with Crippen LogP contribution < -0.4 is 0 Å². The van der Waals surface area contributed by atoms with Gasteiger partial charge in [-0.1, -0.05) is 17.2 Å². The average molecular weight is 216 g/mol. The minimum atomic E-state index is -0.545. The van der Waals surface area contributed by atoms with E-state index in [1.54, 1.807) is 30.3 Å². The van der Waals surface area contributed by atoms with Gasteiger partial charge in [0.1, 0.15) is 6.07 Å². The van der Waals surface area contributed by atoms with Crippen LogP contribution in [0.25, 0.3) is 10.4 Å². The highest BCUT2D eigenvalue weighted by molar-refractivity contribution is 5.89. The Hall–Kier alpha value is -2.51. The molecule has 0 saturated heterocycles. The summed E-state index contributed by atoms with van der Waals surface area (Å²) in [5.74, 6) is -0.545. The second-order valence-corrected chi connectivity index (χ2v) is 2.82.